The van der Waals surface area contributed by atoms with Crippen LogP contribution in [-0.4, -0.2) is 32.6 Å². The number of alkyl halides is 3. The van der Waals surface area contributed by atoms with Gasteiger partial charge in [-0.2, -0.15) is 17.7 Å². The van der Waals surface area contributed by atoms with Gasteiger partial charge in [-0.15, -0.1) is 5.10 Å². The summed E-state index contributed by atoms with van der Waals surface area (Å²) in [5.41, 5.74) is 6.70. The number of para-hydroxylation sites is 1. The van der Waals surface area contributed by atoms with E-state index in [1.807, 2.05) is 6.07 Å². The van der Waals surface area contributed by atoms with Gasteiger partial charge in [0, 0.05) is 11.5 Å². The van der Waals surface area contributed by atoms with Crippen molar-refractivity contribution in [3.63, 3.8) is 0 Å². The van der Waals surface area contributed by atoms with Crippen LogP contribution in [0.1, 0.15) is 17.0 Å². The number of carbonyl (C=O) groups is 1. The molecule has 0 aliphatic carbocycles. The van der Waals surface area contributed by atoms with Crippen LogP contribution in [0.25, 0.3) is 22.6 Å². The summed E-state index contributed by atoms with van der Waals surface area (Å²) >= 11 is 0. The lowest BCUT2D eigenvalue weighted by atomic mass is 10.1. The van der Waals surface area contributed by atoms with Crippen molar-refractivity contribution in [2.75, 3.05) is 12.8 Å². The van der Waals surface area contributed by atoms with Crippen LogP contribution >= 0.6 is 0 Å². The number of anilines is 1. The molecule has 0 spiro atoms. The molecular formula is C21H17F3N6O2. The highest BCUT2D eigenvalue weighted by atomic mass is 19.4. The molecule has 0 saturated carbocycles. The summed E-state index contributed by atoms with van der Waals surface area (Å²) < 4.78 is 44.5. The average Bonchev–Trinajstić information content (AvgIpc) is 3.21. The molecule has 8 nitrogen and oxygen atoms in total. The van der Waals surface area contributed by atoms with Gasteiger partial charge in [0.15, 0.2) is 11.5 Å². The lowest BCUT2D eigenvalue weighted by Crippen LogP contribution is -2.21. The second-order valence-corrected chi connectivity index (χ2v) is 6.76. The normalized spacial score (nSPS) is 12.0. The molecule has 0 saturated heterocycles. The van der Waals surface area contributed by atoms with Gasteiger partial charge < -0.3 is 15.8 Å². The van der Waals surface area contributed by atoms with Crippen molar-refractivity contribution in [3.8, 4) is 5.75 Å². The Morgan fingerprint density at radius 2 is 1.94 bits per heavy atom. The smallest absolute Gasteiger partial charge is 0.416 e. The van der Waals surface area contributed by atoms with Crippen molar-refractivity contribution in [2.24, 2.45) is 0 Å². The van der Waals surface area contributed by atoms with Crippen LogP contribution in [0, 0.1) is 0 Å². The van der Waals surface area contributed by atoms with Gasteiger partial charge >= 0.3 is 6.18 Å². The number of hydrogen-bond acceptors (Lipinski definition) is 6. The first kappa shape index (κ1) is 21.1. The molecule has 2 aromatic heterocycles. The number of methoxy groups -OCH3 is 1. The van der Waals surface area contributed by atoms with Crippen LogP contribution in [0.4, 0.5) is 19.1 Å². The number of hydrogen-bond donors (Lipinski definition) is 2. The maximum atomic E-state index is 12.6. The molecule has 0 aliphatic rings. The monoisotopic (exact) mass is 442 g/mol. The van der Waals surface area contributed by atoms with Gasteiger partial charge in [-0.3, -0.25) is 4.79 Å². The van der Waals surface area contributed by atoms with Crippen molar-refractivity contribution >= 4 is 34.5 Å². The van der Waals surface area contributed by atoms with Crippen molar-refractivity contribution in [2.45, 2.75) is 12.7 Å². The molecule has 0 bridgehead atoms. The summed E-state index contributed by atoms with van der Waals surface area (Å²) in [6.45, 7) is 0.0166. The molecule has 32 heavy (non-hydrogen) atoms. The molecule has 0 unspecified atom stereocenters. The standard InChI is InChI=1S/C21H17F3N6O2/c1-32-15-4-2-3-14-18(15)28-20(25)30-19(14)27-16(29-30)11-26-17(31)10-7-12-5-8-13(9-6-12)21(22,23)24/h2-10H,11H2,1H3,(H2,25,28)(H,26,31). The van der Waals surface area contributed by atoms with E-state index in [1.54, 1.807) is 12.1 Å². The topological polar surface area (TPSA) is 107 Å². The van der Waals surface area contributed by atoms with Gasteiger partial charge in [-0.05, 0) is 35.9 Å². The molecule has 0 aliphatic heterocycles. The number of ether oxygens (including phenoxy) is 1. The molecule has 0 fully saturated rings. The highest BCUT2D eigenvalue weighted by Crippen LogP contribution is 2.29. The maximum Gasteiger partial charge on any atom is 0.416 e. The Morgan fingerprint density at radius 3 is 2.62 bits per heavy atom. The summed E-state index contributed by atoms with van der Waals surface area (Å²) in [5, 5.41) is 7.58. The summed E-state index contributed by atoms with van der Waals surface area (Å²) in [5.74, 6) is 0.513. The Morgan fingerprint density at radius 1 is 1.19 bits per heavy atom. The summed E-state index contributed by atoms with van der Waals surface area (Å²) in [4.78, 5) is 20.8. The number of amides is 1. The van der Waals surface area contributed by atoms with Crippen molar-refractivity contribution in [1.29, 1.82) is 0 Å². The molecule has 4 rings (SSSR count). The number of nitrogens with zero attached hydrogens (tertiary/aromatic N) is 4. The van der Waals surface area contributed by atoms with E-state index in [0.717, 1.165) is 12.1 Å². The minimum Gasteiger partial charge on any atom is -0.494 e. The van der Waals surface area contributed by atoms with E-state index in [0.29, 0.717) is 33.7 Å². The number of benzene rings is 2. The van der Waals surface area contributed by atoms with E-state index >= 15 is 0 Å². The summed E-state index contributed by atoms with van der Waals surface area (Å²) in [6.07, 6.45) is -1.78. The number of rotatable bonds is 5. The van der Waals surface area contributed by atoms with Crippen LogP contribution in [0.2, 0.25) is 0 Å². The Kier molecular flexibility index (Phi) is 5.39. The number of halogens is 3. The van der Waals surface area contributed by atoms with Gasteiger partial charge in [0.1, 0.15) is 11.3 Å². The lowest BCUT2D eigenvalue weighted by molar-refractivity contribution is -0.137. The third-order valence-electron chi connectivity index (χ3n) is 4.64. The second-order valence-electron chi connectivity index (χ2n) is 6.76. The zero-order valence-corrected chi connectivity index (χ0v) is 16.7. The Bertz CT molecular complexity index is 1330. The third kappa shape index (κ3) is 4.17. The third-order valence-corrected chi connectivity index (χ3v) is 4.64. The molecular weight excluding hydrogens is 425 g/mol. The molecule has 0 atom stereocenters. The van der Waals surface area contributed by atoms with Crippen molar-refractivity contribution in [3.05, 3.63) is 65.5 Å². The van der Waals surface area contributed by atoms with Gasteiger partial charge in [-0.1, -0.05) is 18.2 Å². The van der Waals surface area contributed by atoms with Gasteiger partial charge in [0.25, 0.3) is 0 Å². The Labute approximate surface area is 179 Å². The first-order valence-electron chi connectivity index (χ1n) is 9.37. The van der Waals surface area contributed by atoms with Crippen molar-refractivity contribution in [1.82, 2.24) is 24.9 Å². The second kappa shape index (κ2) is 8.17. The number of fused-ring (bicyclic) bond motifs is 3. The van der Waals surface area contributed by atoms with E-state index in [-0.39, 0.29) is 12.5 Å². The fourth-order valence-electron chi connectivity index (χ4n) is 3.09. The van der Waals surface area contributed by atoms with Crippen LogP contribution in [0.3, 0.4) is 0 Å². The first-order chi connectivity index (χ1) is 15.3. The van der Waals surface area contributed by atoms with Gasteiger partial charge in [0.2, 0.25) is 11.9 Å². The van der Waals surface area contributed by atoms with Gasteiger partial charge in [0.05, 0.1) is 19.2 Å². The van der Waals surface area contributed by atoms with Crippen LogP contribution < -0.4 is 15.8 Å². The average molecular weight is 442 g/mol. The van der Waals surface area contributed by atoms with E-state index in [4.69, 9.17) is 10.5 Å². The molecule has 2 heterocycles. The van der Waals surface area contributed by atoms with E-state index in [2.05, 4.69) is 20.4 Å². The zero-order chi connectivity index (χ0) is 22.9. The lowest BCUT2D eigenvalue weighted by Gasteiger charge is -2.06. The molecule has 164 valence electrons. The molecule has 0 radical (unpaired) electrons. The van der Waals surface area contributed by atoms with Crippen LogP contribution in [0.15, 0.2) is 48.5 Å². The molecule has 3 N–H and O–H groups in total. The molecule has 11 heteroatoms. The van der Waals surface area contributed by atoms with Gasteiger partial charge in [-0.25, -0.2) is 9.97 Å². The molecule has 4 aromatic rings. The quantitative estimate of drug-likeness (QED) is 0.460. The first-order valence-corrected chi connectivity index (χ1v) is 9.37. The fraction of sp³-hybridized carbons (Fsp3) is 0.143. The summed E-state index contributed by atoms with van der Waals surface area (Å²) in [7, 11) is 1.53. The minimum absolute atomic E-state index is 0.0166. The predicted molar refractivity (Wildman–Crippen MR) is 112 cm³/mol. The number of nitrogens with one attached hydrogen (secondary N) is 1. The van der Waals surface area contributed by atoms with E-state index in [9.17, 15) is 18.0 Å². The molecule has 2 aromatic carbocycles. The SMILES string of the molecule is COc1cccc2c1nc(N)n1nc(CNC(=O)C=Cc3ccc(C(F)(F)F)cc3)nc21. The van der Waals surface area contributed by atoms with E-state index < -0.39 is 17.6 Å². The fourth-order valence-corrected chi connectivity index (χ4v) is 3.09. The molecule has 1 amide bonds. The van der Waals surface area contributed by atoms with E-state index in [1.165, 1.54) is 35.9 Å². The van der Waals surface area contributed by atoms with Crippen LogP contribution in [0.5, 0.6) is 5.75 Å². The summed E-state index contributed by atoms with van der Waals surface area (Å²) in [6, 6.07) is 9.83. The van der Waals surface area contributed by atoms with Crippen LogP contribution in [-0.2, 0) is 17.5 Å². The predicted octanol–water partition coefficient (Wildman–Crippen LogP) is 3.22. The highest BCUT2D eigenvalue weighted by molar-refractivity contribution is 5.96. The largest absolute Gasteiger partial charge is 0.494 e. The number of aromatic nitrogens is 4. The number of nitrogens with two attached hydrogens (primary N) is 1. The minimum atomic E-state index is -4.41. The highest BCUT2D eigenvalue weighted by Gasteiger charge is 2.29. The Hall–Kier alpha value is -4.15. The van der Waals surface area contributed by atoms with Crippen molar-refractivity contribution < 1.29 is 22.7 Å². The Balaban J connectivity index is 1.48. The zero-order valence-electron chi connectivity index (χ0n) is 16.7. The number of carbonyl (C=O) groups excluding carboxylic acids is 1. The maximum absolute atomic E-state index is 12.6. The number of nitrogen functional groups attached to an aromatic ring is 1.